The summed E-state index contributed by atoms with van der Waals surface area (Å²) in [4.78, 5) is 69.4. The molecule has 9 heterocycles. The van der Waals surface area contributed by atoms with Crippen molar-refractivity contribution in [2.75, 3.05) is 51.3 Å². The van der Waals surface area contributed by atoms with Crippen LogP contribution in [-0.2, 0) is 27.3 Å². The number of fused-ring (bicyclic) bond motifs is 5. The molecule has 5 saturated heterocycles. The van der Waals surface area contributed by atoms with E-state index in [1.807, 2.05) is 82.6 Å². The number of halogens is 1. The number of carbonyl (C=O) groups is 3. The first-order valence-electron chi connectivity index (χ1n) is 29.2. The van der Waals surface area contributed by atoms with Gasteiger partial charge in [-0.3, -0.25) is 19.5 Å². The molecule has 2 unspecified atom stereocenters. The van der Waals surface area contributed by atoms with Crippen LogP contribution in [0.3, 0.4) is 0 Å². The third kappa shape index (κ3) is 11.0. The van der Waals surface area contributed by atoms with E-state index in [2.05, 4.69) is 30.6 Å². The van der Waals surface area contributed by atoms with Crippen molar-refractivity contribution in [2.45, 2.75) is 140 Å². The van der Waals surface area contributed by atoms with E-state index in [1.165, 1.54) is 9.80 Å². The van der Waals surface area contributed by atoms with Crippen LogP contribution in [0.15, 0.2) is 76.9 Å². The van der Waals surface area contributed by atoms with Crippen molar-refractivity contribution >= 4 is 56.7 Å². The fourth-order valence-electron chi connectivity index (χ4n) is 13.7. The average Bonchev–Trinajstić information content (AvgIpc) is 3.35. The lowest BCUT2D eigenvalue weighted by Crippen LogP contribution is -2.51. The summed E-state index contributed by atoms with van der Waals surface area (Å²) < 4.78 is 35.8. The van der Waals surface area contributed by atoms with E-state index in [4.69, 9.17) is 28.9 Å². The molecule has 5 fully saturated rings. The zero-order valence-corrected chi connectivity index (χ0v) is 48.6. The lowest BCUT2D eigenvalue weighted by atomic mass is 9.91. The lowest BCUT2D eigenvalue weighted by molar-refractivity contribution is -0.141. The number of pyridine rings is 1. The molecule has 5 aliphatic rings. The Kier molecular flexibility index (Phi) is 15.6. The van der Waals surface area contributed by atoms with Crippen LogP contribution in [0.1, 0.15) is 113 Å². The van der Waals surface area contributed by atoms with Gasteiger partial charge >= 0.3 is 12.1 Å². The number of aromatic hydroxyl groups is 1. The lowest BCUT2D eigenvalue weighted by Gasteiger charge is -2.35. The summed E-state index contributed by atoms with van der Waals surface area (Å²) in [5.74, 6) is -1.49. The molecule has 12 rings (SSSR count). The number of benzene rings is 3. The van der Waals surface area contributed by atoms with Gasteiger partial charge in [-0.05, 0) is 111 Å². The van der Waals surface area contributed by atoms with Gasteiger partial charge in [0.15, 0.2) is 5.82 Å². The summed E-state index contributed by atoms with van der Waals surface area (Å²) in [6.07, 6.45) is 6.48. The van der Waals surface area contributed by atoms with Crippen molar-refractivity contribution in [3.63, 3.8) is 0 Å². The number of phenols is 1. The predicted molar refractivity (Wildman–Crippen MR) is 312 cm³/mol. The van der Waals surface area contributed by atoms with Crippen molar-refractivity contribution in [3.05, 3.63) is 106 Å². The van der Waals surface area contributed by atoms with Crippen molar-refractivity contribution in [2.24, 2.45) is 5.92 Å². The molecule has 0 saturated carbocycles. The highest BCUT2D eigenvalue weighted by Gasteiger charge is 2.51. The Labute approximate surface area is 485 Å². The molecule has 5 aliphatic heterocycles. The van der Waals surface area contributed by atoms with Crippen molar-refractivity contribution < 1.29 is 43.0 Å². The van der Waals surface area contributed by atoms with E-state index >= 15 is 4.39 Å². The predicted octanol–water partition coefficient (Wildman–Crippen LogP) is 8.84. The first-order chi connectivity index (χ1) is 40.0. The van der Waals surface area contributed by atoms with Crippen LogP contribution in [0.2, 0.25) is 0 Å². The van der Waals surface area contributed by atoms with Gasteiger partial charge in [0, 0.05) is 69.1 Å². The van der Waals surface area contributed by atoms with Crippen LogP contribution in [0, 0.1) is 18.7 Å². The van der Waals surface area contributed by atoms with Gasteiger partial charge in [0.05, 0.1) is 45.7 Å². The minimum absolute atomic E-state index is 0.00159. The molecule has 8 atom stereocenters. The number of aliphatic hydroxyl groups is 1. The molecule has 0 radical (unpaired) electrons. The first-order valence-corrected chi connectivity index (χ1v) is 30.1. The molecule has 2 bridgehead atoms. The third-order valence-corrected chi connectivity index (χ3v) is 18.9. The summed E-state index contributed by atoms with van der Waals surface area (Å²) in [6.45, 7) is 12.4. The Balaban J connectivity index is 0.691. The van der Waals surface area contributed by atoms with E-state index in [9.17, 15) is 24.6 Å². The number of amides is 3. The zero-order valence-electron chi connectivity index (χ0n) is 47.8. The molecule has 7 aromatic rings. The summed E-state index contributed by atoms with van der Waals surface area (Å²) >= 11 is 1.57. The number of thiazole rings is 1. The first kappa shape index (κ1) is 56.2. The van der Waals surface area contributed by atoms with Crippen molar-refractivity contribution in [3.8, 4) is 33.5 Å². The summed E-state index contributed by atoms with van der Waals surface area (Å²) in [5.41, 5.74) is 6.48. The molecular formula is C62H72FN11O8S. The maximum Gasteiger partial charge on any atom is 0.409 e. The third-order valence-electron chi connectivity index (χ3n) is 17.9. The SMILES string of the molecule is CCc1cccc2cc(O)cc(-c3ncc4c(N5CC6CCC(C5)N6)nc(OC[C@]56CCCN5[C@@H](COC(=O)N(C)Cc5cc([C@@H](C(=O)N7C[C@H](O)C[C@H]7C(=O)N[C@@H](C)c7ccc(-c8scnc8C)cc7)C(C)C)on5)CC6)nc4c3F)c12. The number of ether oxygens (including phenoxy) is 2. The zero-order chi connectivity index (χ0) is 57.8. The molecule has 3 aromatic carbocycles. The van der Waals surface area contributed by atoms with Crippen LogP contribution in [-0.4, -0.2) is 150 Å². The van der Waals surface area contributed by atoms with E-state index in [1.54, 1.807) is 42.8 Å². The topological polar surface area (TPSA) is 225 Å². The van der Waals surface area contributed by atoms with Crippen LogP contribution in [0.4, 0.5) is 15.0 Å². The summed E-state index contributed by atoms with van der Waals surface area (Å²) in [6, 6.07) is 18.1. The number of nitrogens with zero attached hydrogens (tertiary/aromatic N) is 9. The second kappa shape index (κ2) is 23.0. The smallest absolute Gasteiger partial charge is 0.409 e. The Morgan fingerprint density at radius 2 is 1.81 bits per heavy atom. The second-order valence-electron chi connectivity index (χ2n) is 23.8. The number of nitrogens with one attached hydrogen (secondary N) is 2. The quantitative estimate of drug-likeness (QED) is 0.0668. The fraction of sp³-hybridized carbons (Fsp3) is 0.484. The van der Waals surface area contributed by atoms with E-state index in [0.29, 0.717) is 47.7 Å². The van der Waals surface area contributed by atoms with Crippen LogP contribution < -0.4 is 20.3 Å². The number of likely N-dealkylation sites (tertiary alicyclic amines) is 1. The number of aliphatic hydroxyl groups excluding tert-OH is 1. The molecular weight excluding hydrogens is 1080 g/mol. The molecule has 4 N–H and O–H groups in total. The molecule has 21 heteroatoms. The van der Waals surface area contributed by atoms with Gasteiger partial charge in [-0.1, -0.05) is 68.4 Å². The Hall–Kier alpha value is -7.33. The van der Waals surface area contributed by atoms with Crippen LogP contribution >= 0.6 is 11.3 Å². The van der Waals surface area contributed by atoms with Gasteiger partial charge in [0.25, 0.3) is 0 Å². The molecule has 0 aliphatic carbocycles. The summed E-state index contributed by atoms with van der Waals surface area (Å²) in [7, 11) is 1.62. The summed E-state index contributed by atoms with van der Waals surface area (Å²) in [5, 5.41) is 34.8. The van der Waals surface area contributed by atoms with Gasteiger partial charge in [-0.2, -0.15) is 9.97 Å². The molecule has 19 nitrogen and oxygen atoms in total. The molecule has 4 aromatic heterocycles. The molecule has 3 amide bonds. The minimum atomic E-state index is -0.890. The monoisotopic (exact) mass is 1150 g/mol. The second-order valence-corrected chi connectivity index (χ2v) is 24.7. The number of anilines is 1. The number of rotatable bonds is 17. The highest BCUT2D eigenvalue weighted by molar-refractivity contribution is 7.13. The number of aryl methyl sites for hydroxylation is 2. The maximum absolute atomic E-state index is 17.4. The largest absolute Gasteiger partial charge is 0.508 e. The van der Waals surface area contributed by atoms with Gasteiger partial charge < -0.3 is 49.5 Å². The Morgan fingerprint density at radius 1 is 1.01 bits per heavy atom. The van der Waals surface area contributed by atoms with E-state index < -0.39 is 30.0 Å². The van der Waals surface area contributed by atoms with E-state index in [-0.39, 0.29) is 103 Å². The molecule has 83 heavy (non-hydrogen) atoms. The number of piperazine rings is 1. The number of aromatic nitrogens is 5. The number of β-amino-alcohol motifs (C(OH)–C–C–N with tert-alkyl or cyclic N) is 1. The van der Waals surface area contributed by atoms with Crippen molar-refractivity contribution in [1.29, 1.82) is 0 Å². The Morgan fingerprint density at radius 3 is 2.55 bits per heavy atom. The van der Waals surface area contributed by atoms with Crippen molar-refractivity contribution in [1.82, 2.24) is 50.4 Å². The average molecular weight is 1150 g/mol. The Bertz CT molecular complexity index is 3570. The van der Waals surface area contributed by atoms with E-state index in [0.717, 1.165) is 83.1 Å². The van der Waals surface area contributed by atoms with Gasteiger partial charge in [0.1, 0.15) is 59.4 Å². The highest BCUT2D eigenvalue weighted by Crippen LogP contribution is 2.44. The molecule has 0 spiro atoms. The fourth-order valence-corrected chi connectivity index (χ4v) is 14.5. The van der Waals surface area contributed by atoms with Gasteiger partial charge in [-0.25, -0.2) is 14.2 Å². The molecule has 436 valence electrons. The minimum Gasteiger partial charge on any atom is -0.508 e. The number of phenolic OH excluding ortho intramolecular Hbond substituents is 1. The number of hydrogen-bond acceptors (Lipinski definition) is 17. The van der Waals surface area contributed by atoms with Crippen LogP contribution in [0.25, 0.3) is 43.4 Å². The standard InChI is InChI=1S/C62H72FN11O8S/c1-7-37-10-8-11-40-22-45(75)24-47(52(37)40)54-53(63)55-48(26-64-54)57(72-28-41-16-17-42(29-72)67-41)69-60(68-55)81-32-62-19-9-21-74(62)44(18-20-62)31-80-61(79)71(6)27-43-23-50(82-70-43)51(34(2)3)59(78)73-30-46(76)25-49(73)58(77)66-35(4)38-12-14-39(15-13-38)56-36(5)65-33-83-56/h8,10-15,22-24,26,33-35,41-42,44,46,49,51,67,75-76H,7,9,16-21,25,27-32H2,1-6H3,(H,66,77)/t35-,41?,42?,44+,46+,49-,51-,62+/m0/s1. The normalized spacial score (nSPS) is 23.1. The highest BCUT2D eigenvalue weighted by atomic mass is 32.1. The number of carbonyl (C=O) groups excluding carboxylic acids is 3. The maximum atomic E-state index is 17.4. The van der Waals surface area contributed by atoms with Crippen LogP contribution in [0.5, 0.6) is 11.8 Å². The van der Waals surface area contributed by atoms with Gasteiger partial charge in [0.2, 0.25) is 11.8 Å². The number of hydrogen-bond donors (Lipinski definition) is 4. The van der Waals surface area contributed by atoms with Gasteiger partial charge in [-0.15, -0.1) is 11.3 Å².